The molecule has 0 aliphatic heterocycles. The van der Waals surface area contributed by atoms with E-state index in [0.29, 0.717) is 0 Å². The molecule has 1 rings (SSSR count). The largest absolute Gasteiger partial charge is 0.227 e. The highest BCUT2D eigenvalue weighted by atomic mass is 35.5. The predicted molar refractivity (Wildman–Crippen MR) is 46.5 cm³/mol. The van der Waals surface area contributed by atoms with Crippen molar-refractivity contribution < 1.29 is 0 Å². The maximum absolute atomic E-state index is 7.92. The molecule has 0 aliphatic rings. The lowest BCUT2D eigenvalue weighted by Crippen LogP contribution is -1.82. The third-order valence-electron chi connectivity index (χ3n) is 0.998. The average molecular weight is 171 g/mol. The predicted octanol–water partition coefficient (Wildman–Crippen LogP) is 2.75. The minimum absolute atomic E-state index is 0. The zero-order valence-corrected chi connectivity index (χ0v) is 6.45. The summed E-state index contributed by atoms with van der Waals surface area (Å²) in [7, 11) is 0. The summed E-state index contributed by atoms with van der Waals surface area (Å²) in [6.45, 7) is 0. The fourth-order valence-electron chi connectivity index (χ4n) is 0.593. The van der Waals surface area contributed by atoms with Crippen LogP contribution in [0.15, 0.2) is 35.6 Å². The minimum atomic E-state index is 0. The summed E-state index contributed by atoms with van der Waals surface area (Å²) in [6.07, 6.45) is 0. The fraction of sp³-hybridized carbons (Fsp3) is 0. The third kappa shape index (κ3) is 3.35. The van der Waals surface area contributed by atoms with Gasteiger partial charge in [0.25, 0.3) is 0 Å². The molecule has 1 aromatic carbocycles. The molecule has 0 unspecified atom stereocenters. The SMILES string of the molecule is Cl.[N-]=[N+]=NNc1ccccc1. The normalized spacial score (nSPS) is 7.27. The van der Waals surface area contributed by atoms with Gasteiger partial charge in [-0.2, -0.15) is 4.91 Å². The van der Waals surface area contributed by atoms with Crippen LogP contribution in [0.4, 0.5) is 5.69 Å². The van der Waals surface area contributed by atoms with E-state index in [-0.39, 0.29) is 12.4 Å². The van der Waals surface area contributed by atoms with Crippen molar-refractivity contribution in [3.8, 4) is 0 Å². The number of halogens is 1. The Balaban J connectivity index is 0.000001000. The Morgan fingerprint density at radius 3 is 2.45 bits per heavy atom. The Bertz CT molecular complexity index is 242. The fourth-order valence-corrected chi connectivity index (χ4v) is 0.593. The second-order valence-corrected chi connectivity index (χ2v) is 1.67. The van der Waals surface area contributed by atoms with Gasteiger partial charge in [-0.1, -0.05) is 18.2 Å². The van der Waals surface area contributed by atoms with Gasteiger partial charge in [0, 0.05) is 0 Å². The lowest BCUT2D eigenvalue weighted by atomic mass is 10.3. The molecule has 0 atom stereocenters. The van der Waals surface area contributed by atoms with Crippen LogP contribution in [-0.4, -0.2) is 0 Å². The molecular weight excluding hydrogens is 164 g/mol. The molecule has 0 saturated heterocycles. The van der Waals surface area contributed by atoms with Gasteiger partial charge in [0.1, 0.15) is 5.69 Å². The van der Waals surface area contributed by atoms with Gasteiger partial charge in [-0.05, 0) is 17.4 Å². The van der Waals surface area contributed by atoms with Gasteiger partial charge in [0.05, 0.1) is 0 Å². The molecule has 1 N–H and O–H groups in total. The molecule has 0 spiro atoms. The lowest BCUT2D eigenvalue weighted by molar-refractivity contribution is 1.30. The van der Waals surface area contributed by atoms with Crippen LogP contribution < -0.4 is 5.43 Å². The second kappa shape index (κ2) is 5.41. The van der Waals surface area contributed by atoms with E-state index in [0.717, 1.165) is 5.69 Å². The highest BCUT2D eigenvalue weighted by Gasteiger charge is 1.85. The number of hydrogen-bond acceptors (Lipinski definition) is 1. The van der Waals surface area contributed by atoms with Crippen molar-refractivity contribution >= 4 is 18.1 Å². The molecule has 0 radical (unpaired) electrons. The van der Waals surface area contributed by atoms with Crippen molar-refractivity contribution in [3.05, 3.63) is 40.8 Å². The molecule has 58 valence electrons. The van der Waals surface area contributed by atoms with Crippen molar-refractivity contribution in [1.82, 2.24) is 0 Å². The van der Waals surface area contributed by atoms with Crippen molar-refractivity contribution in [2.75, 3.05) is 5.43 Å². The molecule has 5 heteroatoms. The Hall–Kier alpha value is -1.38. The van der Waals surface area contributed by atoms with Crippen molar-refractivity contribution in [3.63, 3.8) is 0 Å². The van der Waals surface area contributed by atoms with Gasteiger partial charge in [0.15, 0.2) is 0 Å². The van der Waals surface area contributed by atoms with Gasteiger partial charge in [-0.15, -0.1) is 17.9 Å². The smallest absolute Gasteiger partial charge is 0.128 e. The van der Waals surface area contributed by atoms with E-state index in [1.807, 2.05) is 30.3 Å². The Kier molecular flexibility index (Phi) is 4.73. The first-order valence-electron chi connectivity index (χ1n) is 2.78. The summed E-state index contributed by atoms with van der Waals surface area (Å²) in [5, 5.41) is 3.17. The zero-order chi connectivity index (χ0) is 7.23. The van der Waals surface area contributed by atoms with Crippen LogP contribution in [0.1, 0.15) is 0 Å². The number of benzene rings is 1. The quantitative estimate of drug-likeness (QED) is 0.316. The maximum atomic E-state index is 7.92. The molecule has 4 nitrogen and oxygen atoms in total. The van der Waals surface area contributed by atoms with E-state index >= 15 is 0 Å². The Morgan fingerprint density at radius 1 is 1.27 bits per heavy atom. The van der Waals surface area contributed by atoms with E-state index in [2.05, 4.69) is 15.6 Å². The molecule has 11 heavy (non-hydrogen) atoms. The molecule has 0 aromatic heterocycles. The van der Waals surface area contributed by atoms with E-state index in [9.17, 15) is 0 Å². The molecule has 0 amide bonds. The van der Waals surface area contributed by atoms with Crippen LogP contribution in [0.3, 0.4) is 0 Å². The summed E-state index contributed by atoms with van der Waals surface area (Å²) in [6, 6.07) is 9.23. The maximum Gasteiger partial charge on any atom is 0.128 e. The number of nitrogens with one attached hydrogen (secondary N) is 1. The molecule has 0 bridgehead atoms. The van der Waals surface area contributed by atoms with Gasteiger partial charge in [-0.3, -0.25) is 0 Å². The number of azide groups is 1. The molecule has 0 heterocycles. The number of hydrogen-bond donors (Lipinski definition) is 1. The number of nitrogens with zero attached hydrogens (tertiary/aromatic N) is 3. The van der Waals surface area contributed by atoms with Gasteiger partial charge >= 0.3 is 0 Å². The highest BCUT2D eigenvalue weighted by Crippen LogP contribution is 2.03. The van der Waals surface area contributed by atoms with Crippen LogP contribution in [0, 0.1) is 0 Å². The Labute approximate surface area is 70.2 Å². The van der Waals surface area contributed by atoms with E-state index < -0.39 is 0 Å². The third-order valence-corrected chi connectivity index (χ3v) is 0.998. The average Bonchev–Trinajstić information content (AvgIpc) is 2.03. The summed E-state index contributed by atoms with van der Waals surface area (Å²) >= 11 is 0. The van der Waals surface area contributed by atoms with Gasteiger partial charge in [-0.25, -0.2) is 5.43 Å². The monoisotopic (exact) mass is 170 g/mol. The summed E-state index contributed by atoms with van der Waals surface area (Å²) in [5.41, 5.74) is 11.2. The summed E-state index contributed by atoms with van der Waals surface area (Å²) in [5.74, 6) is 0. The summed E-state index contributed by atoms with van der Waals surface area (Å²) < 4.78 is 0. The first-order valence-corrected chi connectivity index (χ1v) is 2.78. The van der Waals surface area contributed by atoms with Crippen molar-refractivity contribution in [2.45, 2.75) is 0 Å². The topological polar surface area (TPSA) is 60.8 Å². The van der Waals surface area contributed by atoms with Crippen LogP contribution in [0.5, 0.6) is 0 Å². The molecule has 0 aliphatic carbocycles. The zero-order valence-electron chi connectivity index (χ0n) is 5.64. The standard InChI is InChI=1S/C6H6N4.ClH/c7-9-10-8-6-4-2-1-3-5-6;/h1-5,8H;1H. The molecule has 1 aromatic rings. The number of rotatable bonds is 2. The molecular formula is C6H7ClN4. The van der Waals surface area contributed by atoms with Crippen LogP contribution in [0.25, 0.3) is 10.4 Å². The van der Waals surface area contributed by atoms with Crippen LogP contribution in [0.2, 0.25) is 0 Å². The van der Waals surface area contributed by atoms with Gasteiger partial charge < -0.3 is 0 Å². The van der Waals surface area contributed by atoms with E-state index in [1.165, 1.54) is 0 Å². The second-order valence-electron chi connectivity index (χ2n) is 1.67. The molecule has 0 fully saturated rings. The van der Waals surface area contributed by atoms with Crippen LogP contribution >= 0.6 is 12.4 Å². The van der Waals surface area contributed by atoms with E-state index in [4.69, 9.17) is 5.53 Å². The Morgan fingerprint density at radius 2 is 1.91 bits per heavy atom. The molecule has 0 saturated carbocycles. The first kappa shape index (κ1) is 9.62. The number of para-hydroxylation sites is 1. The minimum Gasteiger partial charge on any atom is -0.227 e. The van der Waals surface area contributed by atoms with Gasteiger partial charge in [0.2, 0.25) is 0 Å². The lowest BCUT2D eigenvalue weighted by Gasteiger charge is -1.90. The van der Waals surface area contributed by atoms with Crippen molar-refractivity contribution in [1.29, 1.82) is 0 Å². The highest BCUT2D eigenvalue weighted by molar-refractivity contribution is 5.85. The first-order chi connectivity index (χ1) is 4.93. The number of anilines is 1. The summed E-state index contributed by atoms with van der Waals surface area (Å²) in [4.78, 5) is 2.54. The van der Waals surface area contributed by atoms with Crippen molar-refractivity contribution in [2.24, 2.45) is 5.22 Å². The van der Waals surface area contributed by atoms with E-state index in [1.54, 1.807) is 0 Å². The van der Waals surface area contributed by atoms with Crippen LogP contribution in [-0.2, 0) is 0 Å².